The van der Waals surface area contributed by atoms with Crippen molar-refractivity contribution in [1.82, 2.24) is 9.80 Å². The van der Waals surface area contributed by atoms with Gasteiger partial charge in [-0.25, -0.2) is 8.42 Å². The summed E-state index contributed by atoms with van der Waals surface area (Å²) in [5.74, 6) is 0. The third-order valence-corrected chi connectivity index (χ3v) is 6.14. The molecule has 0 N–H and O–H groups in total. The van der Waals surface area contributed by atoms with Gasteiger partial charge in [-0.3, -0.25) is 4.90 Å². The highest BCUT2D eigenvalue weighted by atomic mass is 32.2. The average molecular weight is 384 g/mol. The van der Waals surface area contributed by atoms with Gasteiger partial charge in [0.1, 0.15) is 0 Å². The first-order chi connectivity index (χ1) is 12.9. The van der Waals surface area contributed by atoms with Crippen LogP contribution in [-0.2, 0) is 16.4 Å². The molecule has 0 atom stereocenters. The molecule has 0 radical (unpaired) electrons. The van der Waals surface area contributed by atoms with Gasteiger partial charge in [-0.15, -0.1) is 0 Å². The van der Waals surface area contributed by atoms with E-state index in [9.17, 15) is 13.7 Å². The molecule has 1 saturated heterocycles. The standard InChI is InChI=1S/C21H25N3O2S/c1-23-10-3-11-24(13-12-23)16-17-4-9-21(19(14-17)15-22)18-5-7-20(8-6-18)27(2,25)26/h4-9,14H,3,10-13,16H2,1-2H3. The maximum absolute atomic E-state index is 11.6. The number of sulfone groups is 1. The largest absolute Gasteiger partial charge is 0.305 e. The maximum Gasteiger partial charge on any atom is 0.175 e. The quantitative estimate of drug-likeness (QED) is 0.812. The van der Waals surface area contributed by atoms with Crippen LogP contribution in [0, 0.1) is 11.3 Å². The van der Waals surface area contributed by atoms with Crippen LogP contribution < -0.4 is 0 Å². The third-order valence-electron chi connectivity index (χ3n) is 5.02. The van der Waals surface area contributed by atoms with Crippen LogP contribution in [0.15, 0.2) is 47.4 Å². The number of rotatable bonds is 4. The van der Waals surface area contributed by atoms with E-state index in [4.69, 9.17) is 0 Å². The van der Waals surface area contributed by atoms with E-state index in [1.165, 1.54) is 6.26 Å². The van der Waals surface area contributed by atoms with Crippen molar-refractivity contribution in [2.45, 2.75) is 17.9 Å². The van der Waals surface area contributed by atoms with Gasteiger partial charge in [0.15, 0.2) is 9.84 Å². The lowest BCUT2D eigenvalue weighted by atomic mass is 9.98. The highest BCUT2D eigenvalue weighted by Crippen LogP contribution is 2.26. The molecule has 142 valence electrons. The van der Waals surface area contributed by atoms with Crippen molar-refractivity contribution in [3.05, 3.63) is 53.6 Å². The first-order valence-electron chi connectivity index (χ1n) is 9.11. The van der Waals surface area contributed by atoms with Crippen molar-refractivity contribution in [3.8, 4) is 17.2 Å². The van der Waals surface area contributed by atoms with E-state index < -0.39 is 9.84 Å². The average Bonchev–Trinajstić information content (AvgIpc) is 2.85. The smallest absolute Gasteiger partial charge is 0.175 e. The molecule has 1 aliphatic heterocycles. The first-order valence-corrected chi connectivity index (χ1v) is 11.0. The topological polar surface area (TPSA) is 64.4 Å². The van der Waals surface area contributed by atoms with E-state index in [0.717, 1.165) is 55.8 Å². The van der Waals surface area contributed by atoms with E-state index in [1.54, 1.807) is 24.3 Å². The van der Waals surface area contributed by atoms with Crippen LogP contribution in [0.4, 0.5) is 0 Å². The Hall–Kier alpha value is -2.20. The number of nitriles is 1. The van der Waals surface area contributed by atoms with E-state index in [1.807, 2.05) is 12.1 Å². The summed E-state index contributed by atoms with van der Waals surface area (Å²) in [5, 5.41) is 9.61. The highest BCUT2D eigenvalue weighted by Gasteiger charge is 2.14. The minimum absolute atomic E-state index is 0.285. The van der Waals surface area contributed by atoms with Crippen molar-refractivity contribution in [1.29, 1.82) is 5.26 Å². The van der Waals surface area contributed by atoms with Crippen LogP contribution >= 0.6 is 0 Å². The summed E-state index contributed by atoms with van der Waals surface area (Å²) >= 11 is 0. The predicted molar refractivity (Wildman–Crippen MR) is 107 cm³/mol. The molecule has 0 spiro atoms. The van der Waals surface area contributed by atoms with Gasteiger partial charge >= 0.3 is 0 Å². The number of hydrogen-bond donors (Lipinski definition) is 0. The summed E-state index contributed by atoms with van der Waals surface area (Å²) < 4.78 is 23.2. The van der Waals surface area contributed by atoms with Crippen molar-refractivity contribution in [2.75, 3.05) is 39.5 Å². The second-order valence-electron chi connectivity index (χ2n) is 7.22. The molecule has 5 nitrogen and oxygen atoms in total. The lowest BCUT2D eigenvalue weighted by molar-refractivity contribution is 0.269. The SMILES string of the molecule is CN1CCCN(Cc2ccc(-c3ccc(S(C)(=O)=O)cc3)c(C#N)c2)CC1. The van der Waals surface area contributed by atoms with Crippen molar-refractivity contribution >= 4 is 9.84 Å². The Kier molecular flexibility index (Phi) is 5.95. The number of benzene rings is 2. The van der Waals surface area contributed by atoms with Crippen LogP contribution in [0.25, 0.3) is 11.1 Å². The Morgan fingerprint density at radius 1 is 1.04 bits per heavy atom. The fourth-order valence-electron chi connectivity index (χ4n) is 3.43. The molecule has 2 aromatic carbocycles. The third kappa shape index (κ3) is 4.95. The molecule has 27 heavy (non-hydrogen) atoms. The molecular weight excluding hydrogens is 358 g/mol. The Morgan fingerprint density at radius 3 is 2.44 bits per heavy atom. The van der Waals surface area contributed by atoms with Crippen LogP contribution in [0.5, 0.6) is 0 Å². The minimum Gasteiger partial charge on any atom is -0.305 e. The summed E-state index contributed by atoms with van der Waals surface area (Å²) in [6.45, 7) is 5.14. The van der Waals surface area contributed by atoms with E-state index >= 15 is 0 Å². The molecule has 0 bridgehead atoms. The number of hydrogen-bond acceptors (Lipinski definition) is 5. The normalized spacial score (nSPS) is 16.6. The molecule has 0 amide bonds. The minimum atomic E-state index is -3.22. The summed E-state index contributed by atoms with van der Waals surface area (Å²) in [7, 11) is -1.07. The Bertz CT molecular complexity index is 946. The van der Waals surface area contributed by atoms with E-state index in [0.29, 0.717) is 5.56 Å². The molecule has 1 aliphatic rings. The van der Waals surface area contributed by atoms with Crippen molar-refractivity contribution < 1.29 is 8.42 Å². The number of nitrogens with zero attached hydrogens (tertiary/aromatic N) is 3. The predicted octanol–water partition coefficient (Wildman–Crippen LogP) is 2.77. The zero-order valence-corrected chi connectivity index (χ0v) is 16.7. The zero-order valence-electron chi connectivity index (χ0n) is 15.9. The fraction of sp³-hybridized carbons (Fsp3) is 0.381. The molecule has 2 aromatic rings. The highest BCUT2D eigenvalue weighted by molar-refractivity contribution is 7.90. The molecular formula is C21H25N3O2S. The molecule has 0 aromatic heterocycles. The van der Waals surface area contributed by atoms with Gasteiger partial charge in [0.2, 0.25) is 0 Å². The van der Waals surface area contributed by atoms with Gasteiger partial charge in [-0.1, -0.05) is 24.3 Å². The molecule has 1 heterocycles. The van der Waals surface area contributed by atoms with Gasteiger partial charge in [-0.05, 0) is 61.4 Å². The summed E-state index contributed by atoms with van der Waals surface area (Å²) in [6.07, 6.45) is 2.35. The van der Waals surface area contributed by atoms with Gasteiger partial charge in [0, 0.05) is 25.9 Å². The van der Waals surface area contributed by atoms with Crippen molar-refractivity contribution in [3.63, 3.8) is 0 Å². The van der Waals surface area contributed by atoms with Crippen LogP contribution in [0.1, 0.15) is 17.5 Å². The van der Waals surface area contributed by atoms with Crippen LogP contribution in [-0.4, -0.2) is 57.7 Å². The lowest BCUT2D eigenvalue weighted by Gasteiger charge is -2.20. The first kappa shape index (κ1) is 19.6. The molecule has 6 heteroatoms. The summed E-state index contributed by atoms with van der Waals surface area (Å²) in [4.78, 5) is 5.07. The monoisotopic (exact) mass is 383 g/mol. The van der Waals surface area contributed by atoms with Gasteiger partial charge in [0.25, 0.3) is 0 Å². The van der Waals surface area contributed by atoms with Crippen LogP contribution in [0.3, 0.4) is 0 Å². The van der Waals surface area contributed by atoms with Gasteiger partial charge in [-0.2, -0.15) is 5.26 Å². The Morgan fingerprint density at radius 2 is 1.78 bits per heavy atom. The second kappa shape index (κ2) is 8.22. The summed E-state index contributed by atoms with van der Waals surface area (Å²) in [6, 6.07) is 15.0. The van der Waals surface area contributed by atoms with Crippen LogP contribution in [0.2, 0.25) is 0 Å². The maximum atomic E-state index is 11.6. The molecule has 3 rings (SSSR count). The van der Waals surface area contributed by atoms with Crippen molar-refractivity contribution in [2.24, 2.45) is 0 Å². The fourth-order valence-corrected chi connectivity index (χ4v) is 4.06. The zero-order chi connectivity index (χ0) is 19.4. The van der Waals surface area contributed by atoms with Gasteiger partial charge < -0.3 is 4.90 Å². The molecule has 0 aliphatic carbocycles. The Labute approximate surface area is 161 Å². The second-order valence-corrected chi connectivity index (χ2v) is 9.24. The Balaban J connectivity index is 1.81. The molecule has 0 saturated carbocycles. The number of likely N-dealkylation sites (N-methyl/N-ethyl adjacent to an activating group) is 1. The summed E-state index contributed by atoms with van der Waals surface area (Å²) in [5.41, 5.74) is 3.43. The lowest BCUT2D eigenvalue weighted by Crippen LogP contribution is -2.28. The molecule has 1 fully saturated rings. The van der Waals surface area contributed by atoms with E-state index in [-0.39, 0.29) is 4.90 Å². The molecule has 0 unspecified atom stereocenters. The van der Waals surface area contributed by atoms with Gasteiger partial charge in [0.05, 0.1) is 16.5 Å². The van der Waals surface area contributed by atoms with E-state index in [2.05, 4.69) is 29.0 Å².